The first kappa shape index (κ1) is 20.7. The van der Waals surface area contributed by atoms with E-state index < -0.39 is 19.7 Å². The maximum Gasteiger partial charge on any atom is 0.407 e. The van der Waals surface area contributed by atoms with Gasteiger partial charge in [-0.15, -0.1) is 0 Å². The molecule has 0 fully saturated rings. The molecule has 0 aromatic heterocycles. The van der Waals surface area contributed by atoms with Gasteiger partial charge in [-0.1, -0.05) is 30.3 Å². The first-order valence-electron chi connectivity index (χ1n) is 8.13. The lowest BCUT2D eigenvalue weighted by molar-refractivity contribution is 0.133. The quantitative estimate of drug-likeness (QED) is 0.665. The Morgan fingerprint density at radius 2 is 1.58 bits per heavy atom. The van der Waals surface area contributed by atoms with Gasteiger partial charge in [0.2, 0.25) is 0 Å². The number of rotatable bonds is 9. The van der Waals surface area contributed by atoms with Gasteiger partial charge in [-0.3, -0.25) is 4.57 Å². The fourth-order valence-electron chi connectivity index (χ4n) is 2.10. The summed E-state index contributed by atoms with van der Waals surface area (Å²) in [6.45, 7) is 9.10. The van der Waals surface area contributed by atoms with Gasteiger partial charge in [0, 0.05) is 6.04 Å². The van der Waals surface area contributed by atoms with Crippen LogP contribution in [0.5, 0.6) is 0 Å². The number of amides is 1. The second-order valence-electron chi connectivity index (χ2n) is 6.21. The van der Waals surface area contributed by atoms with Crippen molar-refractivity contribution in [3.8, 4) is 0 Å². The number of hydrogen-bond donors (Lipinski definition) is 1. The van der Waals surface area contributed by atoms with Gasteiger partial charge in [-0.25, -0.2) is 4.79 Å². The van der Waals surface area contributed by atoms with E-state index in [4.69, 9.17) is 13.8 Å². The van der Waals surface area contributed by atoms with Crippen molar-refractivity contribution >= 4 is 13.7 Å². The zero-order chi connectivity index (χ0) is 18.2. The zero-order valence-electron chi connectivity index (χ0n) is 15.0. The van der Waals surface area contributed by atoms with Crippen molar-refractivity contribution in [3.63, 3.8) is 0 Å². The first-order chi connectivity index (χ1) is 11.2. The average Bonchev–Trinajstić information content (AvgIpc) is 2.43. The van der Waals surface area contributed by atoms with E-state index in [2.05, 4.69) is 5.32 Å². The lowest BCUT2D eigenvalue weighted by Gasteiger charge is -2.25. The topological polar surface area (TPSA) is 73.9 Å². The number of carbonyl (C=O) groups is 1. The number of nitrogens with one attached hydrogen (secondary N) is 1. The molecule has 1 amide bonds. The maximum atomic E-state index is 12.8. The Kier molecular flexibility index (Phi) is 8.46. The van der Waals surface area contributed by atoms with Crippen molar-refractivity contribution in [3.05, 3.63) is 35.9 Å². The summed E-state index contributed by atoms with van der Waals surface area (Å²) >= 11 is 0. The molecule has 136 valence electrons. The molecule has 0 unspecified atom stereocenters. The third-order valence-electron chi connectivity index (χ3n) is 2.82. The lowest BCUT2D eigenvalue weighted by Crippen LogP contribution is -2.36. The van der Waals surface area contributed by atoms with Crippen LogP contribution in [0, 0.1) is 0 Å². The summed E-state index contributed by atoms with van der Waals surface area (Å²) < 4.78 is 28.9. The molecule has 0 spiro atoms. The molecule has 6 nitrogen and oxygen atoms in total. The molecule has 0 saturated heterocycles. The van der Waals surface area contributed by atoms with Crippen LogP contribution in [0.1, 0.15) is 40.2 Å². The summed E-state index contributed by atoms with van der Waals surface area (Å²) in [6.07, 6.45) is -0.935. The minimum Gasteiger partial charge on any atom is -0.445 e. The van der Waals surface area contributed by atoms with Crippen LogP contribution >= 0.6 is 7.60 Å². The van der Waals surface area contributed by atoms with Crippen molar-refractivity contribution in [1.82, 2.24) is 5.32 Å². The molecule has 1 N–H and O–H groups in total. The van der Waals surface area contributed by atoms with E-state index in [9.17, 15) is 9.36 Å². The van der Waals surface area contributed by atoms with Gasteiger partial charge >= 0.3 is 13.7 Å². The summed E-state index contributed by atoms with van der Waals surface area (Å²) in [7, 11) is -3.29. The Hall–Kier alpha value is -1.36. The third kappa shape index (κ3) is 8.48. The fraction of sp³-hybridized carbons (Fsp3) is 0.588. The maximum absolute atomic E-state index is 12.8. The summed E-state index contributed by atoms with van der Waals surface area (Å²) in [4.78, 5) is 11.9. The summed E-state index contributed by atoms with van der Waals surface area (Å²) in [5.41, 5.74) is 0.900. The van der Waals surface area contributed by atoms with E-state index in [0.717, 1.165) is 5.56 Å². The van der Waals surface area contributed by atoms with Gasteiger partial charge in [-0.05, 0) is 40.2 Å². The van der Waals surface area contributed by atoms with E-state index >= 15 is 0 Å². The minimum atomic E-state index is -3.29. The number of alkyl carbamates (subject to hydrolysis) is 1. The van der Waals surface area contributed by atoms with Gasteiger partial charge in [0.1, 0.15) is 6.61 Å². The van der Waals surface area contributed by atoms with E-state index in [1.165, 1.54) is 0 Å². The predicted octanol–water partition coefficient (Wildman–Crippen LogP) is 4.34. The highest BCUT2D eigenvalue weighted by Crippen LogP contribution is 2.50. The van der Waals surface area contributed by atoms with Crippen molar-refractivity contribution in [2.75, 3.05) is 6.16 Å². The van der Waals surface area contributed by atoms with Crippen LogP contribution in [0.4, 0.5) is 4.79 Å². The van der Waals surface area contributed by atoms with E-state index in [-0.39, 0.29) is 25.0 Å². The van der Waals surface area contributed by atoms with Crippen LogP contribution in [0.15, 0.2) is 30.3 Å². The molecule has 0 aliphatic heterocycles. The van der Waals surface area contributed by atoms with Crippen LogP contribution in [0.3, 0.4) is 0 Å². The highest BCUT2D eigenvalue weighted by Gasteiger charge is 2.30. The van der Waals surface area contributed by atoms with Crippen LogP contribution in [0.25, 0.3) is 0 Å². The van der Waals surface area contributed by atoms with Crippen molar-refractivity contribution in [1.29, 1.82) is 0 Å². The Morgan fingerprint density at radius 3 is 2.08 bits per heavy atom. The van der Waals surface area contributed by atoms with E-state index in [0.29, 0.717) is 0 Å². The monoisotopic (exact) mass is 357 g/mol. The molecule has 1 rings (SSSR count). The Morgan fingerprint density at radius 1 is 1.04 bits per heavy atom. The van der Waals surface area contributed by atoms with Crippen LogP contribution in [-0.2, 0) is 25.0 Å². The highest BCUT2D eigenvalue weighted by molar-refractivity contribution is 7.53. The number of hydrogen-bond acceptors (Lipinski definition) is 5. The molecule has 24 heavy (non-hydrogen) atoms. The molecule has 0 bridgehead atoms. The first-order valence-corrected chi connectivity index (χ1v) is 9.86. The summed E-state index contributed by atoms with van der Waals surface area (Å²) in [6, 6.07) is 8.99. The molecule has 7 heteroatoms. The second kappa shape index (κ2) is 9.82. The predicted molar refractivity (Wildman–Crippen MR) is 94.1 cm³/mol. The van der Waals surface area contributed by atoms with Gasteiger partial charge in [0.25, 0.3) is 0 Å². The van der Waals surface area contributed by atoms with Gasteiger partial charge in [0.15, 0.2) is 0 Å². The summed E-state index contributed by atoms with van der Waals surface area (Å²) in [5, 5.41) is 2.66. The van der Waals surface area contributed by atoms with Crippen molar-refractivity contribution < 1.29 is 23.1 Å². The normalized spacial score (nSPS) is 13.1. The molecular formula is C17H28NO5P. The molecule has 0 aliphatic rings. The van der Waals surface area contributed by atoms with Crippen LogP contribution < -0.4 is 5.32 Å². The zero-order valence-corrected chi connectivity index (χ0v) is 15.9. The fourth-order valence-corrected chi connectivity index (χ4v) is 4.37. The molecule has 0 saturated carbocycles. The number of benzene rings is 1. The Bertz CT molecular complexity index is 533. The molecule has 1 atom stereocenters. The van der Waals surface area contributed by atoms with Gasteiger partial charge in [-0.2, -0.15) is 0 Å². The third-order valence-corrected chi connectivity index (χ3v) is 5.30. The SMILES string of the molecule is CC(C)OP(=O)(C[C@H](C)NC(=O)OCc1ccccc1)OC(C)C. The smallest absolute Gasteiger partial charge is 0.407 e. The lowest BCUT2D eigenvalue weighted by atomic mass is 10.2. The second-order valence-corrected chi connectivity index (χ2v) is 8.22. The largest absolute Gasteiger partial charge is 0.445 e. The molecule has 1 aromatic rings. The minimum absolute atomic E-state index is 0.0871. The van der Waals surface area contributed by atoms with Crippen LogP contribution in [-0.4, -0.2) is 30.5 Å². The summed E-state index contributed by atoms with van der Waals surface area (Å²) in [5.74, 6) is 0. The molecule has 0 heterocycles. The van der Waals surface area contributed by atoms with Gasteiger partial charge < -0.3 is 19.1 Å². The molecule has 0 radical (unpaired) electrons. The van der Waals surface area contributed by atoms with E-state index in [1.807, 2.05) is 30.3 Å². The van der Waals surface area contributed by atoms with E-state index in [1.54, 1.807) is 34.6 Å². The molecule has 0 aliphatic carbocycles. The molecular weight excluding hydrogens is 329 g/mol. The standard InChI is InChI=1S/C17H28NO5P/c1-13(2)22-24(20,23-14(3)4)12-15(5)18-17(19)21-11-16-9-7-6-8-10-16/h6-10,13-15H,11-12H2,1-5H3,(H,18,19)/t15-/m0/s1. The van der Waals surface area contributed by atoms with Crippen molar-refractivity contribution in [2.24, 2.45) is 0 Å². The number of ether oxygens (including phenoxy) is 1. The van der Waals surface area contributed by atoms with Crippen LogP contribution in [0.2, 0.25) is 0 Å². The molecule has 1 aromatic carbocycles. The number of carbonyl (C=O) groups excluding carboxylic acids is 1. The van der Waals surface area contributed by atoms with Gasteiger partial charge in [0.05, 0.1) is 18.4 Å². The Labute approximate surface area is 144 Å². The van der Waals surface area contributed by atoms with Crippen molar-refractivity contribution in [2.45, 2.75) is 59.5 Å². The Balaban J connectivity index is 2.50. The highest BCUT2D eigenvalue weighted by atomic mass is 31.2. The average molecular weight is 357 g/mol.